The summed E-state index contributed by atoms with van der Waals surface area (Å²) in [5, 5.41) is 10.2. The smallest absolute Gasteiger partial charge is 0.185 e. The van der Waals surface area contributed by atoms with Gasteiger partial charge >= 0.3 is 0 Å². The van der Waals surface area contributed by atoms with Crippen LogP contribution in [0.2, 0.25) is 0 Å². The molecule has 0 saturated heterocycles. The molecule has 1 rings (SSSR count). The van der Waals surface area contributed by atoms with Crippen LogP contribution in [-0.2, 0) is 6.61 Å². The highest BCUT2D eigenvalue weighted by molar-refractivity contribution is 7.15. The Morgan fingerprint density at radius 1 is 1.44 bits per heavy atom. The van der Waals surface area contributed by atoms with Crippen LogP contribution >= 0.6 is 11.3 Å². The third kappa shape index (κ3) is 3.19. The van der Waals surface area contributed by atoms with Crippen LogP contribution in [0, 0.1) is 12.8 Å². The van der Waals surface area contributed by atoms with Gasteiger partial charge in [-0.1, -0.05) is 31.6 Å². The first-order chi connectivity index (χ1) is 7.62. The summed E-state index contributed by atoms with van der Waals surface area (Å²) in [4.78, 5) is 7.80. The number of aryl methyl sites for hydroxylation is 1. The number of aromatic nitrogens is 1. The molecule has 0 saturated carbocycles. The predicted octanol–water partition coefficient (Wildman–Crippen LogP) is 2.82. The molecule has 1 unspecified atom stereocenters. The molecule has 1 aromatic rings. The molecule has 3 nitrogen and oxygen atoms in total. The van der Waals surface area contributed by atoms with Crippen molar-refractivity contribution in [3.8, 4) is 0 Å². The Hall–Kier alpha value is -0.610. The summed E-state index contributed by atoms with van der Waals surface area (Å²) >= 11 is 1.61. The minimum atomic E-state index is 0.102. The first-order valence-electron chi connectivity index (χ1n) is 5.94. The summed E-state index contributed by atoms with van der Waals surface area (Å²) in [6, 6.07) is 0. The van der Waals surface area contributed by atoms with Crippen molar-refractivity contribution in [2.45, 2.75) is 40.7 Å². The summed E-state index contributed by atoms with van der Waals surface area (Å²) in [5.41, 5.74) is 0.963. The molecule has 92 valence electrons. The third-order valence-electron chi connectivity index (χ3n) is 2.91. The number of nitrogens with zero attached hydrogens (tertiary/aromatic N) is 2. The van der Waals surface area contributed by atoms with Crippen LogP contribution in [0.15, 0.2) is 0 Å². The molecule has 0 amide bonds. The van der Waals surface area contributed by atoms with E-state index in [0.29, 0.717) is 5.92 Å². The fourth-order valence-corrected chi connectivity index (χ4v) is 2.54. The van der Waals surface area contributed by atoms with Gasteiger partial charge in [-0.25, -0.2) is 4.98 Å². The SMILES string of the molecule is CCC(C)CN(CC)c1nc(C)c(CO)s1. The van der Waals surface area contributed by atoms with E-state index in [-0.39, 0.29) is 6.61 Å². The number of thiazole rings is 1. The predicted molar refractivity (Wildman–Crippen MR) is 70.1 cm³/mol. The van der Waals surface area contributed by atoms with Crippen LogP contribution in [0.25, 0.3) is 0 Å². The second kappa shape index (κ2) is 6.21. The summed E-state index contributed by atoms with van der Waals surface area (Å²) in [7, 11) is 0. The van der Waals surface area contributed by atoms with E-state index in [4.69, 9.17) is 5.11 Å². The van der Waals surface area contributed by atoms with Crippen molar-refractivity contribution in [2.75, 3.05) is 18.0 Å². The van der Waals surface area contributed by atoms with Gasteiger partial charge in [-0.15, -0.1) is 0 Å². The molecule has 0 spiro atoms. The van der Waals surface area contributed by atoms with Crippen molar-refractivity contribution < 1.29 is 5.11 Å². The topological polar surface area (TPSA) is 36.4 Å². The number of hydrogen-bond acceptors (Lipinski definition) is 4. The van der Waals surface area contributed by atoms with E-state index in [1.807, 2.05) is 6.92 Å². The maximum Gasteiger partial charge on any atom is 0.185 e. The monoisotopic (exact) mass is 242 g/mol. The van der Waals surface area contributed by atoms with Gasteiger partial charge in [0.2, 0.25) is 0 Å². The maximum absolute atomic E-state index is 9.17. The number of anilines is 1. The molecule has 1 aromatic heterocycles. The molecule has 1 N–H and O–H groups in total. The average molecular weight is 242 g/mol. The van der Waals surface area contributed by atoms with Gasteiger partial charge in [0.15, 0.2) is 5.13 Å². The molecule has 1 atom stereocenters. The molecule has 0 aromatic carbocycles. The van der Waals surface area contributed by atoms with Crippen LogP contribution < -0.4 is 4.90 Å². The fourth-order valence-electron chi connectivity index (χ4n) is 1.54. The van der Waals surface area contributed by atoms with Gasteiger partial charge in [0.25, 0.3) is 0 Å². The maximum atomic E-state index is 9.17. The zero-order valence-electron chi connectivity index (χ0n) is 10.7. The highest BCUT2D eigenvalue weighted by Gasteiger charge is 2.14. The van der Waals surface area contributed by atoms with Gasteiger partial charge in [-0.05, 0) is 19.8 Å². The second-order valence-corrected chi connectivity index (χ2v) is 5.28. The zero-order chi connectivity index (χ0) is 12.1. The minimum Gasteiger partial charge on any atom is -0.391 e. The van der Waals surface area contributed by atoms with E-state index in [1.54, 1.807) is 11.3 Å². The standard InChI is InChI=1S/C12H22N2OS/c1-5-9(3)7-14(6-2)12-13-10(4)11(8-15)16-12/h9,15H,5-8H2,1-4H3. The summed E-state index contributed by atoms with van der Waals surface area (Å²) in [6.45, 7) is 10.7. The fraction of sp³-hybridized carbons (Fsp3) is 0.750. The molecule has 0 aliphatic rings. The Bertz CT molecular complexity index is 325. The molecule has 0 aliphatic heterocycles. The lowest BCUT2D eigenvalue weighted by molar-refractivity contribution is 0.284. The lowest BCUT2D eigenvalue weighted by Crippen LogP contribution is -2.27. The first-order valence-corrected chi connectivity index (χ1v) is 6.76. The van der Waals surface area contributed by atoms with Crippen molar-refractivity contribution in [2.24, 2.45) is 5.92 Å². The molecule has 0 fully saturated rings. The van der Waals surface area contributed by atoms with Gasteiger partial charge in [0.05, 0.1) is 17.2 Å². The Kier molecular flexibility index (Phi) is 5.22. The first kappa shape index (κ1) is 13.5. The lowest BCUT2D eigenvalue weighted by atomic mass is 10.1. The summed E-state index contributed by atoms with van der Waals surface area (Å²) < 4.78 is 0. The van der Waals surface area contributed by atoms with E-state index in [9.17, 15) is 0 Å². The van der Waals surface area contributed by atoms with E-state index >= 15 is 0 Å². The minimum absolute atomic E-state index is 0.102. The number of rotatable bonds is 6. The lowest BCUT2D eigenvalue weighted by Gasteiger charge is -2.23. The van der Waals surface area contributed by atoms with Crippen LogP contribution in [0.3, 0.4) is 0 Å². The largest absolute Gasteiger partial charge is 0.391 e. The van der Waals surface area contributed by atoms with Gasteiger partial charge in [0.1, 0.15) is 0 Å². The van der Waals surface area contributed by atoms with Crippen molar-refractivity contribution >= 4 is 16.5 Å². The molecule has 0 radical (unpaired) electrons. The van der Waals surface area contributed by atoms with Crippen LogP contribution in [-0.4, -0.2) is 23.2 Å². The summed E-state index contributed by atoms with van der Waals surface area (Å²) in [6.07, 6.45) is 1.19. The number of aliphatic hydroxyl groups excluding tert-OH is 1. The van der Waals surface area contributed by atoms with Crippen molar-refractivity contribution in [3.05, 3.63) is 10.6 Å². The van der Waals surface area contributed by atoms with Crippen molar-refractivity contribution in [3.63, 3.8) is 0 Å². The number of aliphatic hydroxyl groups is 1. The molecule has 1 heterocycles. The Morgan fingerprint density at radius 2 is 2.12 bits per heavy atom. The van der Waals surface area contributed by atoms with Crippen LogP contribution in [0.5, 0.6) is 0 Å². The number of hydrogen-bond donors (Lipinski definition) is 1. The van der Waals surface area contributed by atoms with Crippen molar-refractivity contribution in [1.82, 2.24) is 4.98 Å². The van der Waals surface area contributed by atoms with Gasteiger partial charge in [-0.2, -0.15) is 0 Å². The molecule has 16 heavy (non-hydrogen) atoms. The van der Waals surface area contributed by atoms with E-state index in [0.717, 1.165) is 28.8 Å². The van der Waals surface area contributed by atoms with Gasteiger partial charge < -0.3 is 10.0 Å². The third-order valence-corrected chi connectivity index (χ3v) is 4.11. The van der Waals surface area contributed by atoms with Crippen molar-refractivity contribution in [1.29, 1.82) is 0 Å². The quantitative estimate of drug-likeness (QED) is 0.833. The van der Waals surface area contributed by atoms with Crippen LogP contribution in [0.4, 0.5) is 5.13 Å². The molecular weight excluding hydrogens is 220 g/mol. The Balaban J connectivity index is 2.78. The molecule has 4 heteroatoms. The second-order valence-electron chi connectivity index (χ2n) is 4.22. The molecule has 0 aliphatic carbocycles. The van der Waals surface area contributed by atoms with E-state index < -0.39 is 0 Å². The average Bonchev–Trinajstić information content (AvgIpc) is 2.66. The Labute approximate surface area is 102 Å². The highest BCUT2D eigenvalue weighted by Crippen LogP contribution is 2.26. The Morgan fingerprint density at radius 3 is 2.56 bits per heavy atom. The molecular formula is C12H22N2OS. The van der Waals surface area contributed by atoms with Crippen LogP contribution in [0.1, 0.15) is 37.8 Å². The van der Waals surface area contributed by atoms with Gasteiger partial charge in [0, 0.05) is 13.1 Å². The molecule has 0 bridgehead atoms. The highest BCUT2D eigenvalue weighted by atomic mass is 32.1. The van der Waals surface area contributed by atoms with E-state index in [1.165, 1.54) is 6.42 Å². The zero-order valence-corrected chi connectivity index (χ0v) is 11.5. The van der Waals surface area contributed by atoms with E-state index in [2.05, 4.69) is 30.7 Å². The normalized spacial score (nSPS) is 12.8. The van der Waals surface area contributed by atoms with Gasteiger partial charge in [-0.3, -0.25) is 0 Å². The summed E-state index contributed by atoms with van der Waals surface area (Å²) in [5.74, 6) is 0.682.